The number of aliphatic hydroxyl groups excluding tert-OH is 3. The molecule has 2 bridgehead atoms. The van der Waals surface area contributed by atoms with E-state index in [1.165, 1.54) is 24.9 Å². The summed E-state index contributed by atoms with van der Waals surface area (Å²) in [5.74, 6) is -0.944. The van der Waals surface area contributed by atoms with Gasteiger partial charge in [-0.15, -0.1) is 0 Å². The number of allylic oxidation sites excluding steroid dienone is 3. The second kappa shape index (κ2) is 17.2. The summed E-state index contributed by atoms with van der Waals surface area (Å²) in [4.78, 5) is 34.4. The van der Waals surface area contributed by atoms with Gasteiger partial charge in [-0.1, -0.05) is 43.9 Å². The highest BCUT2D eigenvalue weighted by Crippen LogP contribution is 2.50. The number of aromatic hydroxyl groups is 1. The maximum atomic E-state index is 14.7. The molecule has 3 aromatic carbocycles. The zero-order chi connectivity index (χ0) is 44.3. The maximum absolute atomic E-state index is 14.7. The Hall–Kier alpha value is -5.32. The Morgan fingerprint density at radius 3 is 2.62 bits per heavy atom. The van der Waals surface area contributed by atoms with Gasteiger partial charge in [0, 0.05) is 48.8 Å². The SMILES string of the molecule is COc1cc2cc(C3CCCC3)c(C(=O)CN3Cc4ccccc4C3=O)c(O)c2c2c1C=CC(C1=C3[CH+]C(CNC4CCCC4)=CC=C3N=C1)OCC1OC(O2)C(O)(CO)C(O)C1O. The Balaban J connectivity index is 1.10. The first-order valence-electron chi connectivity index (χ1n) is 22.5. The van der Waals surface area contributed by atoms with Crippen LogP contribution in [0.2, 0.25) is 0 Å². The molecule has 0 aromatic heterocycles. The minimum Gasteiger partial charge on any atom is -0.506 e. The van der Waals surface area contributed by atoms with Crippen molar-refractivity contribution in [1.82, 2.24) is 10.2 Å². The van der Waals surface area contributed by atoms with Crippen molar-refractivity contribution in [1.29, 1.82) is 0 Å². The van der Waals surface area contributed by atoms with E-state index < -0.39 is 54.4 Å². The summed E-state index contributed by atoms with van der Waals surface area (Å²) in [6.45, 7) is -0.692. The van der Waals surface area contributed by atoms with Gasteiger partial charge in [-0.25, -0.2) is 0 Å². The van der Waals surface area contributed by atoms with Gasteiger partial charge in [0.05, 0.1) is 55.2 Å². The van der Waals surface area contributed by atoms with Crippen molar-refractivity contribution in [3.05, 3.63) is 111 Å². The molecule has 7 aliphatic rings. The molecule has 14 nitrogen and oxygen atoms in total. The molecule has 3 aliphatic carbocycles. The van der Waals surface area contributed by atoms with E-state index in [1.807, 2.05) is 24.3 Å². The van der Waals surface area contributed by atoms with Crippen molar-refractivity contribution in [2.75, 3.05) is 33.4 Å². The molecular weight excluding hydrogens is 819 g/mol. The van der Waals surface area contributed by atoms with Gasteiger partial charge in [-0.3, -0.25) is 9.59 Å². The summed E-state index contributed by atoms with van der Waals surface area (Å²) in [6.07, 6.45) is 12.0. The third-order valence-electron chi connectivity index (χ3n) is 14.2. The summed E-state index contributed by atoms with van der Waals surface area (Å²) in [5.41, 5.74) is 3.18. The first-order valence-corrected chi connectivity index (χ1v) is 22.5. The van der Waals surface area contributed by atoms with Crippen LogP contribution in [0.1, 0.15) is 94.7 Å². The zero-order valence-corrected chi connectivity index (χ0v) is 35.7. The van der Waals surface area contributed by atoms with E-state index >= 15 is 0 Å². The second-order valence-corrected chi connectivity index (χ2v) is 18.1. The third kappa shape index (κ3) is 7.44. The molecule has 3 fully saturated rings. The molecule has 1 amide bonds. The first-order chi connectivity index (χ1) is 31.1. The molecule has 1 saturated heterocycles. The molecule has 10 rings (SSSR count). The molecule has 0 radical (unpaired) electrons. The number of phenols is 1. The smallest absolute Gasteiger partial charge is 0.254 e. The lowest BCUT2D eigenvalue weighted by atomic mass is 9.86. The number of carbonyl (C=O) groups excluding carboxylic acids is 2. The quantitative estimate of drug-likeness (QED) is 0.119. The zero-order valence-electron chi connectivity index (χ0n) is 35.7. The van der Waals surface area contributed by atoms with Gasteiger partial charge in [-0.2, -0.15) is 4.99 Å². The number of carbonyl (C=O) groups is 2. The fraction of sp³-hybridized carbons (Fsp3) is 0.440. The highest BCUT2D eigenvalue weighted by atomic mass is 16.7. The van der Waals surface area contributed by atoms with Crippen LogP contribution >= 0.6 is 0 Å². The number of hydrogen-bond acceptors (Lipinski definition) is 13. The molecule has 4 aliphatic heterocycles. The van der Waals surface area contributed by atoms with Crippen LogP contribution in [0.25, 0.3) is 16.8 Å². The Kier molecular flexibility index (Phi) is 11.5. The van der Waals surface area contributed by atoms with Crippen LogP contribution in [0.4, 0.5) is 0 Å². The average Bonchev–Trinajstić information content (AvgIpc) is 4.15. The molecule has 6 N–H and O–H groups in total. The molecule has 4 heterocycles. The number of ether oxygens (including phenoxy) is 4. The largest absolute Gasteiger partial charge is 0.506 e. The minimum atomic E-state index is -2.56. The van der Waals surface area contributed by atoms with Crippen LogP contribution in [0.15, 0.2) is 82.0 Å². The van der Waals surface area contributed by atoms with Crippen molar-refractivity contribution < 1.29 is 54.1 Å². The number of nitrogens with zero attached hydrogens (tertiary/aromatic N) is 2. The number of aliphatic hydroxyl groups is 4. The fourth-order valence-corrected chi connectivity index (χ4v) is 10.6. The monoisotopic (exact) mass is 872 g/mol. The molecule has 6 unspecified atom stereocenters. The van der Waals surface area contributed by atoms with Crippen LogP contribution in [0.3, 0.4) is 0 Å². The molecule has 0 spiro atoms. The number of phenolic OH excluding ortho intramolecular Hbond substituents is 1. The van der Waals surface area contributed by atoms with Crippen molar-refractivity contribution in [2.45, 2.75) is 106 Å². The van der Waals surface area contributed by atoms with E-state index in [-0.39, 0.29) is 53.8 Å². The minimum absolute atomic E-state index is 0.0480. The molecule has 6 atom stereocenters. The number of ketones is 1. The van der Waals surface area contributed by atoms with Gasteiger partial charge >= 0.3 is 0 Å². The number of benzene rings is 3. The highest BCUT2D eigenvalue weighted by Gasteiger charge is 2.57. The van der Waals surface area contributed by atoms with Crippen molar-refractivity contribution >= 4 is 34.8 Å². The normalized spacial score (nSPS) is 28.0. The van der Waals surface area contributed by atoms with Crippen LogP contribution in [0.5, 0.6) is 17.2 Å². The van der Waals surface area contributed by atoms with Crippen LogP contribution < -0.4 is 14.8 Å². The molecule has 3 aromatic rings. The van der Waals surface area contributed by atoms with Gasteiger partial charge in [0.1, 0.15) is 47.2 Å². The number of aliphatic imine (C=N–C) groups is 1. The van der Waals surface area contributed by atoms with Gasteiger partial charge in [-0.05, 0) is 78.5 Å². The van der Waals surface area contributed by atoms with Crippen molar-refractivity contribution in [3.63, 3.8) is 0 Å². The van der Waals surface area contributed by atoms with Gasteiger partial charge in [0.25, 0.3) is 5.91 Å². The summed E-state index contributed by atoms with van der Waals surface area (Å²) >= 11 is 0. The van der Waals surface area contributed by atoms with Gasteiger partial charge < -0.3 is 54.7 Å². The number of rotatable bonds is 10. The third-order valence-corrected chi connectivity index (χ3v) is 14.2. The van der Waals surface area contributed by atoms with Crippen LogP contribution in [-0.4, -0.2) is 124 Å². The molecule has 2 saturated carbocycles. The number of amides is 1. The second-order valence-electron chi connectivity index (χ2n) is 18.1. The number of hydrogen-bond donors (Lipinski definition) is 6. The Morgan fingerprint density at radius 2 is 1.86 bits per heavy atom. The first kappa shape index (κ1) is 42.6. The highest BCUT2D eigenvalue weighted by molar-refractivity contribution is 6.11. The lowest BCUT2D eigenvalue weighted by Gasteiger charge is -2.47. The van der Waals surface area contributed by atoms with E-state index in [4.69, 9.17) is 23.9 Å². The number of nitrogens with one attached hydrogen (secondary N) is 1. The lowest BCUT2D eigenvalue weighted by Crippen LogP contribution is -2.69. The average molecular weight is 873 g/mol. The summed E-state index contributed by atoms with van der Waals surface area (Å²) in [6, 6.07) is 11.3. The van der Waals surface area contributed by atoms with Crippen molar-refractivity contribution in [2.24, 2.45) is 4.99 Å². The standard InChI is InChI=1S/C50H53N3O11/c1-61-40-20-30-19-34(28-8-2-3-9-28)43(38(55)24-53-23-29-10-4-7-13-32(29)48(53)59)45(57)42(30)46-33(40)15-17-39(62-25-41-44(56)47(58)50(60,26-54)49(63-41)64-46)36-22-52-37-16-14-27(18-35(36)37)21-51-31-11-5-6-12-31/h4,7,10,13-20,22,28,31,39,41,44,47,49,51,54,56,58,60H,2-3,5-6,8-9,11-12,21,23-26H2,1H3/p+1. The van der Waals surface area contributed by atoms with E-state index in [0.29, 0.717) is 34.8 Å². The van der Waals surface area contributed by atoms with Gasteiger partial charge in [0.15, 0.2) is 17.1 Å². The van der Waals surface area contributed by atoms with Crippen LogP contribution in [0, 0.1) is 6.42 Å². The summed E-state index contributed by atoms with van der Waals surface area (Å²) < 4.78 is 25.4. The number of fused-ring (bicyclic) bond motifs is 7. The topological polar surface area (TPSA) is 200 Å². The molecule has 64 heavy (non-hydrogen) atoms. The van der Waals surface area contributed by atoms with Crippen LogP contribution in [-0.2, 0) is 16.0 Å². The predicted molar refractivity (Wildman–Crippen MR) is 237 cm³/mol. The van der Waals surface area contributed by atoms with E-state index in [2.05, 4.69) is 17.8 Å². The maximum Gasteiger partial charge on any atom is 0.254 e. The Labute approximate surface area is 371 Å². The number of Topliss-reactive ketones (excluding diaryl/α,β-unsaturated/α-hetero) is 1. The molecule has 14 heteroatoms. The summed E-state index contributed by atoms with van der Waals surface area (Å²) in [5, 5.41) is 62.1. The Bertz CT molecular complexity index is 2530. The summed E-state index contributed by atoms with van der Waals surface area (Å²) in [7, 11) is 1.49. The predicted octanol–water partition coefficient (Wildman–Crippen LogP) is 4.95. The van der Waals surface area contributed by atoms with E-state index in [1.54, 1.807) is 36.6 Å². The van der Waals surface area contributed by atoms with E-state index in [9.17, 15) is 35.1 Å². The number of methoxy groups -OCH3 is 1. The van der Waals surface area contributed by atoms with Crippen molar-refractivity contribution in [3.8, 4) is 17.2 Å². The lowest BCUT2D eigenvalue weighted by molar-refractivity contribution is -0.329. The molecular formula is C50H54N3O11+. The van der Waals surface area contributed by atoms with Gasteiger partial charge in [0.2, 0.25) is 6.29 Å². The van der Waals surface area contributed by atoms with E-state index in [0.717, 1.165) is 66.5 Å². The Morgan fingerprint density at radius 1 is 1.08 bits per heavy atom. The molecule has 334 valence electrons. The fourth-order valence-electron chi connectivity index (χ4n) is 10.6.